The van der Waals surface area contributed by atoms with Gasteiger partial charge in [0.25, 0.3) is 0 Å². The van der Waals surface area contributed by atoms with Gasteiger partial charge in [0.15, 0.2) is 0 Å². The molecule has 1 aliphatic heterocycles. The van der Waals surface area contributed by atoms with E-state index in [2.05, 4.69) is 31.2 Å². The Labute approximate surface area is 95.2 Å². The van der Waals surface area contributed by atoms with Crippen molar-refractivity contribution in [3.8, 4) is 0 Å². The van der Waals surface area contributed by atoms with E-state index in [1.54, 1.807) is 0 Å². The largest absolute Gasteiger partial charge is 0.379 e. The zero-order chi connectivity index (χ0) is 9.97. The topological polar surface area (TPSA) is 47.0 Å². The Morgan fingerprint density at radius 2 is 2.43 bits per heavy atom. The first-order valence-electron chi connectivity index (χ1n) is 4.27. The summed E-state index contributed by atoms with van der Waals surface area (Å²) in [5, 5.41) is 3.66. The second kappa shape index (κ2) is 4.42. The van der Waals surface area contributed by atoms with Gasteiger partial charge in [0, 0.05) is 6.61 Å². The SMILES string of the molecule is Clc1ncnc(NC2CCOC2)c1Br. The lowest BCUT2D eigenvalue weighted by molar-refractivity contribution is 0.195. The van der Waals surface area contributed by atoms with E-state index in [9.17, 15) is 0 Å². The van der Waals surface area contributed by atoms with Gasteiger partial charge in [0.2, 0.25) is 0 Å². The van der Waals surface area contributed by atoms with Crippen molar-refractivity contribution >= 4 is 33.3 Å². The third-order valence-corrected chi connectivity index (χ3v) is 3.28. The van der Waals surface area contributed by atoms with Crippen molar-refractivity contribution < 1.29 is 4.74 Å². The van der Waals surface area contributed by atoms with Crippen molar-refractivity contribution in [2.45, 2.75) is 12.5 Å². The molecule has 2 heterocycles. The molecule has 2 rings (SSSR count). The summed E-state index contributed by atoms with van der Waals surface area (Å²) >= 11 is 9.16. The number of aromatic nitrogens is 2. The average Bonchev–Trinajstić information content (AvgIpc) is 2.66. The van der Waals surface area contributed by atoms with Crippen LogP contribution in [0.3, 0.4) is 0 Å². The van der Waals surface area contributed by atoms with Gasteiger partial charge in [-0.3, -0.25) is 0 Å². The molecule has 0 aliphatic carbocycles. The average molecular weight is 279 g/mol. The number of hydrogen-bond donors (Lipinski definition) is 1. The molecule has 1 atom stereocenters. The lowest BCUT2D eigenvalue weighted by atomic mass is 10.2. The molecular formula is C8H9BrClN3O. The van der Waals surface area contributed by atoms with E-state index in [0.29, 0.717) is 22.3 Å². The Hall–Kier alpha value is -0.390. The molecule has 0 aromatic carbocycles. The molecule has 4 nitrogen and oxygen atoms in total. The van der Waals surface area contributed by atoms with Crippen molar-refractivity contribution in [3.05, 3.63) is 16.0 Å². The van der Waals surface area contributed by atoms with Crippen LogP contribution < -0.4 is 5.32 Å². The molecule has 1 aliphatic rings. The van der Waals surface area contributed by atoms with E-state index in [1.807, 2.05) is 0 Å². The van der Waals surface area contributed by atoms with E-state index in [0.717, 1.165) is 18.8 Å². The molecule has 1 saturated heterocycles. The maximum atomic E-state index is 5.83. The molecule has 14 heavy (non-hydrogen) atoms. The molecule has 0 radical (unpaired) electrons. The van der Waals surface area contributed by atoms with E-state index in [1.165, 1.54) is 6.33 Å². The minimum Gasteiger partial charge on any atom is -0.379 e. The Balaban J connectivity index is 2.11. The maximum absolute atomic E-state index is 5.83. The first-order chi connectivity index (χ1) is 6.77. The smallest absolute Gasteiger partial charge is 0.148 e. The molecule has 1 unspecified atom stereocenters. The number of anilines is 1. The fourth-order valence-corrected chi connectivity index (χ4v) is 1.74. The summed E-state index contributed by atoms with van der Waals surface area (Å²) in [5.74, 6) is 0.723. The molecule has 0 amide bonds. The van der Waals surface area contributed by atoms with Crippen LogP contribution in [0.2, 0.25) is 5.15 Å². The van der Waals surface area contributed by atoms with Gasteiger partial charge in [-0.1, -0.05) is 11.6 Å². The molecule has 1 aromatic rings. The van der Waals surface area contributed by atoms with Gasteiger partial charge in [-0.2, -0.15) is 0 Å². The highest BCUT2D eigenvalue weighted by Gasteiger charge is 2.17. The van der Waals surface area contributed by atoms with Crippen LogP contribution in [-0.2, 0) is 4.74 Å². The van der Waals surface area contributed by atoms with Crippen LogP contribution in [0.4, 0.5) is 5.82 Å². The summed E-state index contributed by atoms with van der Waals surface area (Å²) in [6, 6.07) is 0.317. The number of halogens is 2. The van der Waals surface area contributed by atoms with E-state index in [4.69, 9.17) is 16.3 Å². The standard InChI is InChI=1S/C8H9BrClN3O/c9-6-7(10)11-4-12-8(6)13-5-1-2-14-3-5/h4-5H,1-3H2,(H,11,12,13). The highest BCUT2D eigenvalue weighted by molar-refractivity contribution is 9.10. The highest BCUT2D eigenvalue weighted by Crippen LogP contribution is 2.27. The van der Waals surface area contributed by atoms with Gasteiger partial charge >= 0.3 is 0 Å². The number of rotatable bonds is 2. The van der Waals surface area contributed by atoms with Crippen LogP contribution in [0.5, 0.6) is 0 Å². The lowest BCUT2D eigenvalue weighted by Gasteiger charge is -2.12. The van der Waals surface area contributed by atoms with E-state index in [-0.39, 0.29) is 0 Å². The normalized spacial score (nSPS) is 21.1. The number of ether oxygens (including phenoxy) is 1. The quantitative estimate of drug-likeness (QED) is 0.842. The molecule has 76 valence electrons. The predicted octanol–water partition coefficient (Wildman–Crippen LogP) is 2.09. The molecule has 0 saturated carbocycles. The monoisotopic (exact) mass is 277 g/mol. The Morgan fingerprint density at radius 1 is 1.57 bits per heavy atom. The predicted molar refractivity (Wildman–Crippen MR) is 57.6 cm³/mol. The van der Waals surface area contributed by atoms with Gasteiger partial charge < -0.3 is 10.1 Å². The summed E-state index contributed by atoms with van der Waals surface area (Å²) in [7, 11) is 0. The van der Waals surface area contributed by atoms with E-state index >= 15 is 0 Å². The Morgan fingerprint density at radius 3 is 3.14 bits per heavy atom. The van der Waals surface area contributed by atoms with Crippen molar-refractivity contribution in [2.75, 3.05) is 18.5 Å². The second-order valence-electron chi connectivity index (χ2n) is 3.03. The van der Waals surface area contributed by atoms with Crippen LogP contribution in [0.15, 0.2) is 10.8 Å². The van der Waals surface area contributed by atoms with Gasteiger partial charge in [0.1, 0.15) is 17.3 Å². The third-order valence-electron chi connectivity index (χ3n) is 2.02. The van der Waals surface area contributed by atoms with Crippen LogP contribution >= 0.6 is 27.5 Å². The molecule has 1 N–H and O–H groups in total. The third kappa shape index (κ3) is 2.16. The van der Waals surface area contributed by atoms with Crippen molar-refractivity contribution in [1.29, 1.82) is 0 Å². The summed E-state index contributed by atoms with van der Waals surface area (Å²) in [6.45, 7) is 1.52. The lowest BCUT2D eigenvalue weighted by Crippen LogP contribution is -2.20. The zero-order valence-electron chi connectivity index (χ0n) is 7.33. The Bertz CT molecular complexity index is 330. The van der Waals surface area contributed by atoms with E-state index < -0.39 is 0 Å². The molecule has 0 spiro atoms. The molecule has 1 fully saturated rings. The summed E-state index contributed by atoms with van der Waals surface area (Å²) < 4.78 is 5.95. The molecule has 6 heteroatoms. The summed E-state index contributed by atoms with van der Waals surface area (Å²) in [5.41, 5.74) is 0. The first kappa shape index (κ1) is 10.1. The summed E-state index contributed by atoms with van der Waals surface area (Å²) in [4.78, 5) is 7.94. The number of nitrogens with one attached hydrogen (secondary N) is 1. The molecule has 1 aromatic heterocycles. The summed E-state index contributed by atoms with van der Waals surface area (Å²) in [6.07, 6.45) is 2.43. The fourth-order valence-electron chi connectivity index (χ4n) is 1.29. The van der Waals surface area contributed by atoms with Gasteiger partial charge in [-0.15, -0.1) is 0 Å². The van der Waals surface area contributed by atoms with Gasteiger partial charge in [-0.05, 0) is 22.4 Å². The fraction of sp³-hybridized carbons (Fsp3) is 0.500. The number of nitrogens with zero attached hydrogens (tertiary/aromatic N) is 2. The van der Waals surface area contributed by atoms with Crippen LogP contribution in [-0.4, -0.2) is 29.2 Å². The molecular weight excluding hydrogens is 269 g/mol. The van der Waals surface area contributed by atoms with Crippen molar-refractivity contribution in [3.63, 3.8) is 0 Å². The van der Waals surface area contributed by atoms with Gasteiger partial charge in [0.05, 0.1) is 17.1 Å². The van der Waals surface area contributed by atoms with Crippen molar-refractivity contribution in [1.82, 2.24) is 9.97 Å². The second-order valence-corrected chi connectivity index (χ2v) is 4.18. The van der Waals surface area contributed by atoms with Gasteiger partial charge in [-0.25, -0.2) is 9.97 Å². The number of hydrogen-bond acceptors (Lipinski definition) is 4. The Kier molecular flexibility index (Phi) is 3.20. The van der Waals surface area contributed by atoms with Crippen LogP contribution in [0.25, 0.3) is 0 Å². The zero-order valence-corrected chi connectivity index (χ0v) is 9.68. The minimum atomic E-state index is 0.317. The first-order valence-corrected chi connectivity index (χ1v) is 5.45. The minimum absolute atomic E-state index is 0.317. The molecule has 0 bridgehead atoms. The van der Waals surface area contributed by atoms with Crippen molar-refractivity contribution in [2.24, 2.45) is 0 Å². The van der Waals surface area contributed by atoms with Crippen LogP contribution in [0.1, 0.15) is 6.42 Å². The maximum Gasteiger partial charge on any atom is 0.148 e. The van der Waals surface area contributed by atoms with Crippen LogP contribution in [0, 0.1) is 0 Å². The highest BCUT2D eigenvalue weighted by atomic mass is 79.9.